The van der Waals surface area contributed by atoms with Gasteiger partial charge in [-0.15, -0.1) is 0 Å². The molecule has 1 N–H and O–H groups in total. The molecule has 0 spiro atoms. The van der Waals surface area contributed by atoms with E-state index in [4.69, 9.17) is 4.74 Å². The fourth-order valence-electron chi connectivity index (χ4n) is 2.93. The monoisotopic (exact) mass is 359 g/mol. The number of aryl methyl sites for hydroxylation is 2. The summed E-state index contributed by atoms with van der Waals surface area (Å²) in [6.07, 6.45) is 3.35. The maximum absolute atomic E-state index is 5.48. The molecule has 0 saturated carbocycles. The van der Waals surface area contributed by atoms with Crippen LogP contribution >= 0.6 is 0 Å². The van der Waals surface area contributed by atoms with E-state index in [1.807, 2.05) is 35.9 Å². The zero-order valence-corrected chi connectivity index (χ0v) is 15.6. The van der Waals surface area contributed by atoms with E-state index in [1.54, 1.807) is 12.5 Å². The third-order valence-corrected chi connectivity index (χ3v) is 4.53. The van der Waals surface area contributed by atoms with Crippen LogP contribution in [0, 0.1) is 13.8 Å². The van der Waals surface area contributed by atoms with Crippen molar-refractivity contribution in [2.45, 2.75) is 20.8 Å². The first-order valence-electron chi connectivity index (χ1n) is 8.92. The molecule has 0 unspecified atom stereocenters. The SMILES string of the molecule is CCOc1ccc(Nc2ncnc3c2cnn3-c2ccc(C)c(C)c2)cc1. The summed E-state index contributed by atoms with van der Waals surface area (Å²) in [5.74, 6) is 1.57. The lowest BCUT2D eigenvalue weighted by Crippen LogP contribution is -2.00. The molecule has 0 radical (unpaired) electrons. The van der Waals surface area contributed by atoms with Crippen molar-refractivity contribution in [1.29, 1.82) is 0 Å². The van der Waals surface area contributed by atoms with E-state index in [1.165, 1.54) is 11.1 Å². The van der Waals surface area contributed by atoms with E-state index < -0.39 is 0 Å². The van der Waals surface area contributed by atoms with Gasteiger partial charge in [-0.1, -0.05) is 6.07 Å². The molecule has 27 heavy (non-hydrogen) atoms. The molecule has 0 atom stereocenters. The Labute approximate surface area is 157 Å². The van der Waals surface area contributed by atoms with E-state index in [9.17, 15) is 0 Å². The van der Waals surface area contributed by atoms with E-state index in [2.05, 4.69) is 52.4 Å². The summed E-state index contributed by atoms with van der Waals surface area (Å²) >= 11 is 0. The van der Waals surface area contributed by atoms with Gasteiger partial charge in [-0.05, 0) is 68.3 Å². The minimum atomic E-state index is 0.650. The summed E-state index contributed by atoms with van der Waals surface area (Å²) < 4.78 is 7.32. The normalized spacial score (nSPS) is 10.9. The molecule has 6 heteroatoms. The highest BCUT2D eigenvalue weighted by Crippen LogP contribution is 2.26. The first-order chi connectivity index (χ1) is 13.2. The number of hydrogen-bond donors (Lipinski definition) is 1. The molecule has 0 bridgehead atoms. The van der Waals surface area contributed by atoms with Crippen LogP contribution in [0.1, 0.15) is 18.1 Å². The van der Waals surface area contributed by atoms with Crippen LogP contribution in [0.25, 0.3) is 16.7 Å². The molecule has 0 saturated heterocycles. The van der Waals surface area contributed by atoms with Gasteiger partial charge < -0.3 is 10.1 Å². The maximum Gasteiger partial charge on any atom is 0.168 e. The third-order valence-electron chi connectivity index (χ3n) is 4.53. The van der Waals surface area contributed by atoms with Crippen molar-refractivity contribution in [1.82, 2.24) is 19.7 Å². The first-order valence-corrected chi connectivity index (χ1v) is 8.92. The number of fused-ring (bicyclic) bond motifs is 1. The Morgan fingerprint density at radius 3 is 2.56 bits per heavy atom. The predicted molar refractivity (Wildman–Crippen MR) is 107 cm³/mol. The number of anilines is 2. The average molecular weight is 359 g/mol. The van der Waals surface area contributed by atoms with Crippen LogP contribution in [0.5, 0.6) is 5.75 Å². The third kappa shape index (κ3) is 3.33. The van der Waals surface area contributed by atoms with Crippen LogP contribution < -0.4 is 10.1 Å². The standard InChI is InChI=1S/C21H21N5O/c1-4-27-18-9-6-16(7-10-18)25-20-19-12-24-26(21(19)23-13-22-20)17-8-5-14(2)15(3)11-17/h5-13H,4H2,1-3H3,(H,22,23,25). The van der Waals surface area contributed by atoms with Crippen molar-refractivity contribution in [3.05, 3.63) is 66.1 Å². The van der Waals surface area contributed by atoms with E-state index in [0.29, 0.717) is 6.61 Å². The molecule has 0 aliphatic rings. The van der Waals surface area contributed by atoms with Gasteiger partial charge >= 0.3 is 0 Å². The second kappa shape index (κ2) is 7.07. The molecule has 4 aromatic rings. The number of ether oxygens (including phenoxy) is 1. The molecular formula is C21H21N5O. The Balaban J connectivity index is 1.69. The molecule has 0 aliphatic heterocycles. The molecule has 136 valence electrons. The van der Waals surface area contributed by atoms with Crippen LogP contribution in [0.3, 0.4) is 0 Å². The highest BCUT2D eigenvalue weighted by molar-refractivity contribution is 5.89. The van der Waals surface area contributed by atoms with Gasteiger partial charge in [0.2, 0.25) is 0 Å². The topological polar surface area (TPSA) is 64.9 Å². The van der Waals surface area contributed by atoms with Crippen LogP contribution in [0.15, 0.2) is 55.0 Å². The zero-order chi connectivity index (χ0) is 18.8. The van der Waals surface area contributed by atoms with Crippen LogP contribution in [-0.4, -0.2) is 26.4 Å². The lowest BCUT2D eigenvalue weighted by Gasteiger charge is -2.09. The molecule has 2 aromatic heterocycles. The Morgan fingerprint density at radius 1 is 1.00 bits per heavy atom. The largest absolute Gasteiger partial charge is 0.494 e. The van der Waals surface area contributed by atoms with Crippen molar-refractivity contribution in [3.63, 3.8) is 0 Å². The van der Waals surface area contributed by atoms with Crippen molar-refractivity contribution in [3.8, 4) is 11.4 Å². The Kier molecular flexibility index (Phi) is 4.46. The van der Waals surface area contributed by atoms with E-state index in [-0.39, 0.29) is 0 Å². The number of benzene rings is 2. The first kappa shape index (κ1) is 17.0. The summed E-state index contributed by atoms with van der Waals surface area (Å²) in [6.45, 7) is 6.81. The summed E-state index contributed by atoms with van der Waals surface area (Å²) in [5.41, 5.74) is 5.15. The minimum absolute atomic E-state index is 0.650. The second-order valence-electron chi connectivity index (χ2n) is 6.37. The number of rotatable bonds is 5. The van der Waals surface area contributed by atoms with Gasteiger partial charge in [0.15, 0.2) is 5.65 Å². The molecule has 2 aromatic carbocycles. The average Bonchev–Trinajstić information content (AvgIpc) is 3.11. The van der Waals surface area contributed by atoms with Crippen LogP contribution in [0.2, 0.25) is 0 Å². The van der Waals surface area contributed by atoms with E-state index in [0.717, 1.165) is 34.0 Å². The number of nitrogens with zero attached hydrogens (tertiary/aromatic N) is 4. The summed E-state index contributed by atoms with van der Waals surface area (Å²) in [5, 5.41) is 8.74. The smallest absolute Gasteiger partial charge is 0.168 e. The number of nitrogens with one attached hydrogen (secondary N) is 1. The molecule has 0 amide bonds. The van der Waals surface area contributed by atoms with Gasteiger partial charge in [-0.3, -0.25) is 0 Å². The van der Waals surface area contributed by atoms with Crippen molar-refractivity contribution in [2.24, 2.45) is 0 Å². The van der Waals surface area contributed by atoms with Gasteiger partial charge in [0.1, 0.15) is 17.9 Å². The van der Waals surface area contributed by atoms with Crippen LogP contribution in [-0.2, 0) is 0 Å². The Bertz CT molecular complexity index is 1090. The van der Waals surface area contributed by atoms with Gasteiger partial charge in [0.05, 0.1) is 23.9 Å². The highest BCUT2D eigenvalue weighted by Gasteiger charge is 2.12. The molecule has 6 nitrogen and oxygen atoms in total. The molecule has 2 heterocycles. The molecule has 0 aliphatic carbocycles. The van der Waals surface area contributed by atoms with Gasteiger partial charge in [0.25, 0.3) is 0 Å². The van der Waals surface area contributed by atoms with Crippen molar-refractivity contribution in [2.75, 3.05) is 11.9 Å². The van der Waals surface area contributed by atoms with Gasteiger partial charge in [-0.2, -0.15) is 5.10 Å². The summed E-state index contributed by atoms with van der Waals surface area (Å²) in [7, 11) is 0. The molecular weight excluding hydrogens is 338 g/mol. The number of aromatic nitrogens is 4. The Morgan fingerprint density at radius 2 is 1.81 bits per heavy atom. The Hall–Kier alpha value is -3.41. The van der Waals surface area contributed by atoms with Crippen molar-refractivity contribution < 1.29 is 4.74 Å². The minimum Gasteiger partial charge on any atom is -0.494 e. The maximum atomic E-state index is 5.48. The summed E-state index contributed by atoms with van der Waals surface area (Å²) in [6, 6.07) is 14.1. The zero-order valence-electron chi connectivity index (χ0n) is 15.6. The van der Waals surface area contributed by atoms with Gasteiger partial charge in [-0.25, -0.2) is 14.6 Å². The fraction of sp³-hybridized carbons (Fsp3) is 0.190. The lowest BCUT2D eigenvalue weighted by molar-refractivity contribution is 0.340. The van der Waals surface area contributed by atoms with E-state index >= 15 is 0 Å². The quantitative estimate of drug-likeness (QED) is 0.565. The predicted octanol–water partition coefficient (Wildman–Crippen LogP) is 4.57. The van der Waals surface area contributed by atoms with Crippen LogP contribution in [0.4, 0.5) is 11.5 Å². The number of hydrogen-bond acceptors (Lipinski definition) is 5. The highest BCUT2D eigenvalue weighted by atomic mass is 16.5. The second-order valence-corrected chi connectivity index (χ2v) is 6.37. The van der Waals surface area contributed by atoms with Crippen molar-refractivity contribution >= 4 is 22.5 Å². The molecule has 0 fully saturated rings. The lowest BCUT2D eigenvalue weighted by atomic mass is 10.1. The fourth-order valence-corrected chi connectivity index (χ4v) is 2.93. The molecule has 4 rings (SSSR count). The summed E-state index contributed by atoms with van der Waals surface area (Å²) in [4.78, 5) is 8.83. The van der Waals surface area contributed by atoms with Gasteiger partial charge in [0, 0.05) is 5.69 Å².